The Balaban J connectivity index is 1.36. The molecule has 172 valence electrons. The first-order chi connectivity index (χ1) is 16.0. The number of hydrogen-bond donors (Lipinski definition) is 2. The lowest BCUT2D eigenvalue weighted by Crippen LogP contribution is -2.33. The smallest absolute Gasteiger partial charge is 0.231 e. The molecule has 1 aliphatic carbocycles. The molecular weight excluding hydrogens is 460 g/mol. The molecular formula is C25H25ClN2O4S. The van der Waals surface area contributed by atoms with Gasteiger partial charge in [-0.25, -0.2) is 4.98 Å². The first kappa shape index (κ1) is 22.3. The van der Waals surface area contributed by atoms with Gasteiger partial charge in [-0.05, 0) is 49.1 Å². The van der Waals surface area contributed by atoms with Crippen LogP contribution >= 0.6 is 22.9 Å². The van der Waals surface area contributed by atoms with E-state index in [-0.39, 0.29) is 37.7 Å². The molecule has 1 fully saturated rings. The van der Waals surface area contributed by atoms with Gasteiger partial charge >= 0.3 is 0 Å². The molecule has 2 N–H and O–H groups in total. The molecule has 1 unspecified atom stereocenters. The molecule has 2 aliphatic rings. The van der Waals surface area contributed by atoms with Gasteiger partial charge in [0.05, 0.1) is 24.5 Å². The van der Waals surface area contributed by atoms with Crippen LogP contribution in [0.3, 0.4) is 0 Å². The second-order valence-electron chi connectivity index (χ2n) is 8.61. The van der Waals surface area contributed by atoms with E-state index >= 15 is 0 Å². The standard InChI is InChI=1S/C25H25ClN2O4S/c1-15(13-29)28-24(17-4-2-3-5-18(17)26)21-12-27-23(33-21)11-22(30)25(8-9-25)16-6-7-19-20(10-16)32-14-31-19/h2-7,10,12,15,24,28-29H,8-9,11,13-14H2,1H3/t15-,24?/m0/s1. The SMILES string of the molecule is C[C@@H](CO)NC(c1cnc(CC(=O)C2(c3ccc4c(c3)OCO4)CC2)s1)c1ccccc1Cl. The minimum atomic E-state index is -0.460. The van der Waals surface area contributed by atoms with E-state index in [0.717, 1.165) is 39.6 Å². The summed E-state index contributed by atoms with van der Waals surface area (Å²) >= 11 is 7.98. The number of benzene rings is 2. The lowest BCUT2D eigenvalue weighted by molar-refractivity contribution is -0.120. The average Bonchev–Trinajstić information content (AvgIpc) is 3.28. The Bertz CT molecular complexity index is 1180. The number of rotatable bonds is 9. The summed E-state index contributed by atoms with van der Waals surface area (Å²) in [7, 11) is 0. The van der Waals surface area contributed by atoms with Crippen molar-refractivity contribution >= 4 is 28.7 Å². The maximum absolute atomic E-state index is 13.3. The summed E-state index contributed by atoms with van der Waals surface area (Å²) in [6.07, 6.45) is 3.76. The van der Waals surface area contributed by atoms with Crippen molar-refractivity contribution < 1.29 is 19.4 Å². The first-order valence-corrected chi connectivity index (χ1v) is 12.2. The molecule has 3 aromatic rings. The molecule has 0 bridgehead atoms. The summed E-state index contributed by atoms with van der Waals surface area (Å²) < 4.78 is 10.9. The number of aromatic nitrogens is 1. The van der Waals surface area contributed by atoms with Gasteiger partial charge in [0.2, 0.25) is 6.79 Å². The third-order valence-corrected chi connectivity index (χ3v) is 7.72. The highest BCUT2D eigenvalue weighted by molar-refractivity contribution is 7.11. The molecule has 33 heavy (non-hydrogen) atoms. The van der Waals surface area contributed by atoms with E-state index in [1.165, 1.54) is 11.3 Å². The number of carbonyl (C=O) groups excluding carboxylic acids is 1. The maximum atomic E-state index is 13.3. The Morgan fingerprint density at radius 3 is 2.79 bits per heavy atom. The van der Waals surface area contributed by atoms with E-state index in [1.807, 2.05) is 49.4 Å². The zero-order valence-electron chi connectivity index (χ0n) is 18.2. The highest BCUT2D eigenvalue weighted by Gasteiger charge is 2.51. The van der Waals surface area contributed by atoms with Gasteiger partial charge in [-0.2, -0.15) is 0 Å². The zero-order valence-corrected chi connectivity index (χ0v) is 19.8. The minimum Gasteiger partial charge on any atom is -0.454 e. The quantitative estimate of drug-likeness (QED) is 0.467. The van der Waals surface area contributed by atoms with E-state index in [9.17, 15) is 9.90 Å². The predicted molar refractivity (Wildman–Crippen MR) is 127 cm³/mol. The Morgan fingerprint density at radius 2 is 2.03 bits per heavy atom. The number of aliphatic hydroxyl groups is 1. The van der Waals surface area contributed by atoms with Crippen LogP contribution in [-0.4, -0.2) is 35.3 Å². The first-order valence-electron chi connectivity index (χ1n) is 11.0. The molecule has 1 aromatic heterocycles. The Kier molecular flexibility index (Phi) is 6.14. The second kappa shape index (κ2) is 9.06. The highest BCUT2D eigenvalue weighted by atomic mass is 35.5. The zero-order chi connectivity index (χ0) is 23.0. The molecule has 0 amide bonds. The lowest BCUT2D eigenvalue weighted by Gasteiger charge is -2.22. The van der Waals surface area contributed by atoms with E-state index < -0.39 is 5.41 Å². The molecule has 2 atom stereocenters. The number of hydrogen-bond acceptors (Lipinski definition) is 7. The summed E-state index contributed by atoms with van der Waals surface area (Å²) in [5.41, 5.74) is 1.44. The van der Waals surface area contributed by atoms with Crippen LogP contribution in [0.4, 0.5) is 0 Å². The topological polar surface area (TPSA) is 80.7 Å². The van der Waals surface area contributed by atoms with Crippen LogP contribution in [0.15, 0.2) is 48.7 Å². The Labute approximate surface area is 201 Å². The van der Waals surface area contributed by atoms with Gasteiger partial charge in [-0.1, -0.05) is 35.9 Å². The Hall–Kier alpha value is -2.45. The van der Waals surface area contributed by atoms with Crippen molar-refractivity contribution in [1.82, 2.24) is 10.3 Å². The van der Waals surface area contributed by atoms with Crippen molar-refractivity contribution in [2.75, 3.05) is 13.4 Å². The minimum absolute atomic E-state index is 0.00313. The number of nitrogens with zero attached hydrogens (tertiary/aromatic N) is 1. The van der Waals surface area contributed by atoms with Gasteiger partial charge < -0.3 is 19.9 Å². The van der Waals surface area contributed by atoms with Gasteiger partial charge in [0.15, 0.2) is 11.5 Å². The molecule has 2 aromatic carbocycles. The van der Waals surface area contributed by atoms with Crippen LogP contribution < -0.4 is 14.8 Å². The summed E-state index contributed by atoms with van der Waals surface area (Å²) in [4.78, 5) is 18.9. The number of ketones is 1. The third kappa shape index (κ3) is 4.38. The number of fused-ring (bicyclic) bond motifs is 1. The molecule has 2 heterocycles. The van der Waals surface area contributed by atoms with Gasteiger partial charge in [0, 0.05) is 22.1 Å². The monoisotopic (exact) mass is 484 g/mol. The van der Waals surface area contributed by atoms with Crippen LogP contribution in [0.2, 0.25) is 5.02 Å². The maximum Gasteiger partial charge on any atom is 0.231 e. The van der Waals surface area contributed by atoms with Crippen molar-refractivity contribution in [3.05, 3.63) is 74.7 Å². The van der Waals surface area contributed by atoms with Crippen LogP contribution in [-0.2, 0) is 16.6 Å². The predicted octanol–water partition coefficient (Wildman–Crippen LogP) is 4.43. The number of Topliss-reactive ketones (excluding diaryl/α,β-unsaturated/α-hetero) is 1. The number of nitrogens with one attached hydrogen (secondary N) is 1. The van der Waals surface area contributed by atoms with E-state index in [0.29, 0.717) is 10.8 Å². The third-order valence-electron chi connectivity index (χ3n) is 6.32. The summed E-state index contributed by atoms with van der Waals surface area (Å²) in [6.45, 7) is 2.14. The molecule has 5 rings (SSSR count). The number of thiazole rings is 1. The fourth-order valence-electron chi connectivity index (χ4n) is 4.27. The van der Waals surface area contributed by atoms with Crippen LogP contribution in [0.5, 0.6) is 11.5 Å². The lowest BCUT2D eigenvalue weighted by atomic mass is 9.89. The average molecular weight is 485 g/mol. The number of carbonyl (C=O) groups is 1. The number of ether oxygens (including phenoxy) is 2. The van der Waals surface area contributed by atoms with Crippen LogP contribution in [0.25, 0.3) is 0 Å². The fourth-order valence-corrected chi connectivity index (χ4v) is 5.51. The molecule has 0 saturated heterocycles. The largest absolute Gasteiger partial charge is 0.454 e. The van der Waals surface area contributed by atoms with Crippen molar-refractivity contribution in [2.45, 2.75) is 43.7 Å². The van der Waals surface area contributed by atoms with Gasteiger partial charge in [0.25, 0.3) is 0 Å². The van der Waals surface area contributed by atoms with Crippen molar-refractivity contribution in [2.24, 2.45) is 0 Å². The van der Waals surface area contributed by atoms with Crippen molar-refractivity contribution in [1.29, 1.82) is 0 Å². The van der Waals surface area contributed by atoms with Crippen molar-refractivity contribution in [3.63, 3.8) is 0 Å². The summed E-state index contributed by atoms with van der Waals surface area (Å²) in [5, 5.41) is 14.4. The number of halogens is 1. The second-order valence-corrected chi connectivity index (χ2v) is 10.2. The van der Waals surface area contributed by atoms with Crippen molar-refractivity contribution in [3.8, 4) is 11.5 Å². The molecule has 1 saturated carbocycles. The van der Waals surface area contributed by atoms with Gasteiger partial charge in [-0.3, -0.25) is 4.79 Å². The number of aliphatic hydroxyl groups excluding tert-OH is 1. The molecule has 8 heteroatoms. The normalized spacial score (nSPS) is 17.5. The fraction of sp³-hybridized carbons (Fsp3) is 0.360. The van der Waals surface area contributed by atoms with Crippen LogP contribution in [0.1, 0.15) is 46.8 Å². The molecule has 0 spiro atoms. The van der Waals surface area contributed by atoms with E-state index in [4.69, 9.17) is 21.1 Å². The summed E-state index contributed by atoms with van der Waals surface area (Å²) in [5.74, 6) is 1.60. The molecule has 0 radical (unpaired) electrons. The van der Waals surface area contributed by atoms with Crippen LogP contribution in [0, 0.1) is 0 Å². The highest BCUT2D eigenvalue weighted by Crippen LogP contribution is 2.51. The van der Waals surface area contributed by atoms with Gasteiger partial charge in [-0.15, -0.1) is 11.3 Å². The van der Waals surface area contributed by atoms with Gasteiger partial charge in [0.1, 0.15) is 10.8 Å². The Morgan fingerprint density at radius 1 is 1.24 bits per heavy atom. The van der Waals surface area contributed by atoms with E-state index in [2.05, 4.69) is 10.3 Å². The molecule has 1 aliphatic heterocycles. The summed E-state index contributed by atoms with van der Waals surface area (Å²) in [6, 6.07) is 13.1. The molecule has 6 nitrogen and oxygen atoms in total. The van der Waals surface area contributed by atoms with E-state index in [1.54, 1.807) is 6.20 Å².